The van der Waals surface area contributed by atoms with Crippen molar-refractivity contribution in [2.45, 2.75) is 11.0 Å². The standard InChI is InChI=1S/C23H18N2O6S/c26-21(16-10-8-15(9-11-16)14-5-2-1-3-6-14)23(28)25-18-13-19(32(29,30)31)17-7-4-12-24-20(17)22(18)27/h1-13,21,26-27H,(H,25,28)(H,29,30,31). The van der Waals surface area contributed by atoms with Gasteiger partial charge in [0, 0.05) is 11.6 Å². The largest absolute Gasteiger partial charge is 0.504 e. The van der Waals surface area contributed by atoms with Crippen LogP contribution < -0.4 is 5.32 Å². The second-order valence-electron chi connectivity index (χ2n) is 7.03. The first-order valence-electron chi connectivity index (χ1n) is 9.48. The van der Waals surface area contributed by atoms with E-state index in [1.807, 2.05) is 30.3 Å². The number of aromatic nitrogens is 1. The Balaban J connectivity index is 1.63. The van der Waals surface area contributed by atoms with Gasteiger partial charge in [0.25, 0.3) is 16.0 Å². The zero-order chi connectivity index (χ0) is 22.9. The number of rotatable bonds is 5. The first kappa shape index (κ1) is 21.4. The molecule has 9 heteroatoms. The third-order valence-corrected chi connectivity index (χ3v) is 5.84. The molecule has 0 spiro atoms. The molecule has 0 fully saturated rings. The van der Waals surface area contributed by atoms with Gasteiger partial charge in [-0.2, -0.15) is 8.42 Å². The quantitative estimate of drug-likeness (QED) is 0.270. The van der Waals surface area contributed by atoms with E-state index in [4.69, 9.17) is 0 Å². The van der Waals surface area contributed by atoms with E-state index in [1.165, 1.54) is 18.3 Å². The molecular formula is C23H18N2O6S. The van der Waals surface area contributed by atoms with Crippen molar-refractivity contribution in [3.8, 4) is 16.9 Å². The molecule has 0 aliphatic rings. The number of phenols is 1. The van der Waals surface area contributed by atoms with E-state index in [1.54, 1.807) is 24.3 Å². The van der Waals surface area contributed by atoms with Crippen molar-refractivity contribution in [1.82, 2.24) is 4.98 Å². The van der Waals surface area contributed by atoms with E-state index < -0.39 is 32.8 Å². The average molecular weight is 450 g/mol. The first-order chi connectivity index (χ1) is 15.3. The minimum absolute atomic E-state index is 0.0115. The molecule has 1 unspecified atom stereocenters. The highest BCUT2D eigenvalue weighted by atomic mass is 32.2. The molecule has 1 atom stereocenters. The summed E-state index contributed by atoms with van der Waals surface area (Å²) in [4.78, 5) is 16.0. The maximum absolute atomic E-state index is 12.6. The normalized spacial score (nSPS) is 12.4. The van der Waals surface area contributed by atoms with Crippen LogP contribution in [-0.2, 0) is 14.9 Å². The molecular weight excluding hydrogens is 432 g/mol. The fourth-order valence-corrected chi connectivity index (χ4v) is 4.06. The number of aromatic hydroxyl groups is 1. The monoisotopic (exact) mass is 450 g/mol. The first-order valence-corrected chi connectivity index (χ1v) is 10.9. The fraction of sp³-hybridized carbons (Fsp3) is 0.0435. The summed E-state index contributed by atoms with van der Waals surface area (Å²) in [7, 11) is -4.67. The van der Waals surface area contributed by atoms with Crippen LogP contribution in [0.3, 0.4) is 0 Å². The van der Waals surface area contributed by atoms with E-state index >= 15 is 0 Å². The summed E-state index contributed by atoms with van der Waals surface area (Å²) in [5, 5.41) is 23.2. The van der Waals surface area contributed by atoms with Gasteiger partial charge in [-0.15, -0.1) is 0 Å². The maximum atomic E-state index is 12.6. The zero-order valence-electron chi connectivity index (χ0n) is 16.5. The van der Waals surface area contributed by atoms with Gasteiger partial charge in [0.2, 0.25) is 0 Å². The SMILES string of the molecule is O=C(Nc1cc(S(=O)(=O)O)c2cccnc2c1O)C(O)c1ccc(-c2ccccc2)cc1. The highest BCUT2D eigenvalue weighted by Gasteiger charge is 2.24. The summed E-state index contributed by atoms with van der Waals surface area (Å²) in [6, 6.07) is 20.0. The summed E-state index contributed by atoms with van der Waals surface area (Å²) in [5.74, 6) is -1.39. The van der Waals surface area contributed by atoms with Gasteiger partial charge < -0.3 is 15.5 Å². The smallest absolute Gasteiger partial charge is 0.295 e. The molecule has 0 saturated heterocycles. The second kappa shape index (κ2) is 8.39. The summed E-state index contributed by atoms with van der Waals surface area (Å²) >= 11 is 0. The number of hydrogen-bond donors (Lipinski definition) is 4. The molecule has 0 radical (unpaired) electrons. The predicted octanol–water partition coefficient (Wildman–Crippen LogP) is 3.53. The van der Waals surface area contributed by atoms with Crippen LogP contribution in [0.1, 0.15) is 11.7 Å². The van der Waals surface area contributed by atoms with Crippen LogP contribution >= 0.6 is 0 Å². The molecule has 1 aromatic heterocycles. The Morgan fingerprint density at radius 3 is 2.25 bits per heavy atom. The molecule has 3 aromatic carbocycles. The van der Waals surface area contributed by atoms with Crippen molar-refractivity contribution in [3.63, 3.8) is 0 Å². The van der Waals surface area contributed by atoms with Crippen LogP contribution in [0.5, 0.6) is 5.75 Å². The Kier molecular flexibility index (Phi) is 5.62. The van der Waals surface area contributed by atoms with E-state index in [-0.39, 0.29) is 16.6 Å². The lowest BCUT2D eigenvalue weighted by Crippen LogP contribution is -2.21. The van der Waals surface area contributed by atoms with Crippen molar-refractivity contribution in [2.75, 3.05) is 5.32 Å². The number of fused-ring (bicyclic) bond motifs is 1. The number of nitrogens with zero attached hydrogens (tertiary/aromatic N) is 1. The van der Waals surface area contributed by atoms with E-state index in [2.05, 4.69) is 10.3 Å². The minimum Gasteiger partial charge on any atom is -0.504 e. The number of pyridine rings is 1. The Morgan fingerprint density at radius 1 is 0.938 bits per heavy atom. The summed E-state index contributed by atoms with van der Waals surface area (Å²) < 4.78 is 33.1. The Labute approximate surface area is 183 Å². The molecule has 0 bridgehead atoms. The van der Waals surface area contributed by atoms with Crippen LogP contribution in [0.25, 0.3) is 22.0 Å². The number of hydrogen-bond acceptors (Lipinski definition) is 6. The van der Waals surface area contributed by atoms with Crippen LogP contribution in [0.4, 0.5) is 5.69 Å². The summed E-state index contributed by atoms with van der Waals surface area (Å²) in [5.41, 5.74) is 1.74. The highest BCUT2D eigenvalue weighted by Crippen LogP contribution is 2.36. The van der Waals surface area contributed by atoms with Crippen molar-refractivity contribution in [1.29, 1.82) is 0 Å². The van der Waals surface area contributed by atoms with Gasteiger partial charge in [0.1, 0.15) is 10.4 Å². The Bertz CT molecular complexity index is 1400. The molecule has 162 valence electrons. The van der Waals surface area contributed by atoms with Crippen LogP contribution in [0, 0.1) is 0 Å². The van der Waals surface area contributed by atoms with E-state index in [0.29, 0.717) is 5.56 Å². The number of phenolic OH excluding ortho intramolecular Hbond substituents is 1. The molecule has 4 N–H and O–H groups in total. The van der Waals surface area contributed by atoms with Crippen LogP contribution in [0.15, 0.2) is 83.9 Å². The van der Waals surface area contributed by atoms with E-state index in [0.717, 1.165) is 17.2 Å². The lowest BCUT2D eigenvalue weighted by atomic mass is 10.0. The van der Waals surface area contributed by atoms with Crippen molar-refractivity contribution in [3.05, 3.63) is 84.6 Å². The maximum Gasteiger partial charge on any atom is 0.295 e. The molecule has 0 aliphatic carbocycles. The molecule has 32 heavy (non-hydrogen) atoms. The van der Waals surface area contributed by atoms with Crippen LogP contribution in [-0.4, -0.2) is 34.1 Å². The number of anilines is 1. The summed E-state index contributed by atoms with van der Waals surface area (Å²) in [6.45, 7) is 0. The molecule has 0 saturated carbocycles. The Hall–Kier alpha value is -3.79. The van der Waals surface area contributed by atoms with Crippen molar-refractivity contribution in [2.24, 2.45) is 0 Å². The van der Waals surface area contributed by atoms with Gasteiger partial charge in [0.05, 0.1) is 5.69 Å². The highest BCUT2D eigenvalue weighted by molar-refractivity contribution is 7.86. The lowest BCUT2D eigenvalue weighted by Gasteiger charge is -2.15. The van der Waals surface area contributed by atoms with Gasteiger partial charge in [-0.3, -0.25) is 14.3 Å². The topological polar surface area (TPSA) is 137 Å². The van der Waals surface area contributed by atoms with Gasteiger partial charge in [-0.05, 0) is 34.9 Å². The predicted molar refractivity (Wildman–Crippen MR) is 119 cm³/mol. The van der Waals surface area contributed by atoms with Gasteiger partial charge in [-0.25, -0.2) is 0 Å². The number of benzene rings is 3. The number of aliphatic hydroxyl groups is 1. The van der Waals surface area contributed by atoms with Crippen molar-refractivity contribution < 1.29 is 28.0 Å². The second-order valence-corrected chi connectivity index (χ2v) is 8.42. The molecule has 4 aromatic rings. The molecule has 0 aliphatic heterocycles. The average Bonchev–Trinajstić information content (AvgIpc) is 2.80. The van der Waals surface area contributed by atoms with Crippen LogP contribution in [0.2, 0.25) is 0 Å². The molecule has 1 amide bonds. The van der Waals surface area contributed by atoms with E-state index in [9.17, 15) is 28.0 Å². The molecule has 8 nitrogen and oxygen atoms in total. The fourth-order valence-electron chi connectivity index (χ4n) is 3.35. The van der Waals surface area contributed by atoms with Gasteiger partial charge in [-0.1, -0.05) is 54.6 Å². The third kappa shape index (κ3) is 4.17. The number of aliphatic hydroxyl groups excluding tert-OH is 1. The Morgan fingerprint density at radius 2 is 1.59 bits per heavy atom. The number of carbonyl (C=O) groups is 1. The number of amides is 1. The number of nitrogens with one attached hydrogen (secondary N) is 1. The van der Waals surface area contributed by atoms with Gasteiger partial charge in [0.15, 0.2) is 11.9 Å². The number of carbonyl (C=O) groups excluding carboxylic acids is 1. The van der Waals surface area contributed by atoms with Crippen molar-refractivity contribution >= 4 is 32.6 Å². The van der Waals surface area contributed by atoms with Gasteiger partial charge >= 0.3 is 0 Å². The zero-order valence-corrected chi connectivity index (χ0v) is 17.3. The summed E-state index contributed by atoms with van der Waals surface area (Å²) in [6.07, 6.45) is -0.266. The third-order valence-electron chi connectivity index (χ3n) is 4.95. The molecule has 1 heterocycles. The lowest BCUT2D eigenvalue weighted by molar-refractivity contribution is -0.124. The molecule has 4 rings (SSSR count). The minimum atomic E-state index is -4.67.